The van der Waals surface area contributed by atoms with Gasteiger partial charge in [0.2, 0.25) is 11.8 Å². The number of hydrogen-bond donors (Lipinski definition) is 1. The van der Waals surface area contributed by atoms with Gasteiger partial charge in [-0.3, -0.25) is 9.59 Å². The molecule has 5 nitrogen and oxygen atoms in total. The van der Waals surface area contributed by atoms with Gasteiger partial charge in [-0.25, -0.2) is 0 Å². The zero-order valence-corrected chi connectivity index (χ0v) is 16.2. The Morgan fingerprint density at radius 2 is 1.96 bits per heavy atom. The lowest BCUT2D eigenvalue weighted by molar-refractivity contribution is -0.129. The molecule has 1 aliphatic carbocycles. The molecule has 2 heterocycles. The number of nitrogens with zero attached hydrogens (tertiary/aromatic N) is 1. The summed E-state index contributed by atoms with van der Waals surface area (Å²) in [6.07, 6.45) is 9.21. The van der Waals surface area contributed by atoms with Crippen LogP contribution in [-0.4, -0.2) is 42.5 Å². The Kier molecular flexibility index (Phi) is 5.11. The summed E-state index contributed by atoms with van der Waals surface area (Å²) in [6, 6.07) is 8.28. The Bertz CT molecular complexity index is 711. The maximum absolute atomic E-state index is 13.6. The summed E-state index contributed by atoms with van der Waals surface area (Å²) >= 11 is 0. The van der Waals surface area contributed by atoms with Crippen LogP contribution >= 0.6 is 0 Å². The summed E-state index contributed by atoms with van der Waals surface area (Å²) in [4.78, 5) is 27.9. The van der Waals surface area contributed by atoms with Crippen LogP contribution in [0, 0.1) is 0 Å². The molecule has 0 spiro atoms. The second-order valence-corrected chi connectivity index (χ2v) is 8.39. The van der Waals surface area contributed by atoms with Crippen molar-refractivity contribution in [1.82, 2.24) is 10.2 Å². The van der Waals surface area contributed by atoms with Gasteiger partial charge in [0.1, 0.15) is 5.75 Å². The monoisotopic (exact) mass is 370 g/mol. The number of rotatable bonds is 4. The lowest BCUT2D eigenvalue weighted by atomic mass is 9.76. The Morgan fingerprint density at radius 1 is 1.19 bits per heavy atom. The summed E-state index contributed by atoms with van der Waals surface area (Å²) in [5, 5.41) is 3.36. The summed E-state index contributed by atoms with van der Waals surface area (Å²) in [6.45, 7) is 0.488. The van der Waals surface area contributed by atoms with Crippen molar-refractivity contribution < 1.29 is 14.3 Å². The lowest BCUT2D eigenvalue weighted by Crippen LogP contribution is -2.50. The van der Waals surface area contributed by atoms with Crippen molar-refractivity contribution in [2.75, 3.05) is 13.7 Å². The third-order valence-electron chi connectivity index (χ3n) is 6.72. The third-order valence-corrected chi connectivity index (χ3v) is 6.72. The summed E-state index contributed by atoms with van der Waals surface area (Å²) < 4.78 is 5.41. The molecule has 1 N–H and O–H groups in total. The molecule has 0 radical (unpaired) electrons. The average molecular weight is 370 g/mol. The van der Waals surface area contributed by atoms with Crippen LogP contribution in [0.25, 0.3) is 0 Å². The zero-order valence-electron chi connectivity index (χ0n) is 16.2. The second-order valence-electron chi connectivity index (χ2n) is 8.39. The number of ether oxygens (including phenoxy) is 1. The minimum atomic E-state index is -0.665. The number of carbonyl (C=O) groups excluding carboxylic acids is 2. The van der Waals surface area contributed by atoms with Crippen molar-refractivity contribution >= 4 is 11.8 Å². The molecule has 4 rings (SSSR count). The van der Waals surface area contributed by atoms with E-state index < -0.39 is 5.41 Å². The number of methoxy groups -OCH3 is 1. The van der Waals surface area contributed by atoms with E-state index in [1.54, 1.807) is 7.11 Å². The molecule has 0 unspecified atom stereocenters. The maximum Gasteiger partial charge on any atom is 0.232 e. The van der Waals surface area contributed by atoms with Gasteiger partial charge in [0.15, 0.2) is 0 Å². The molecule has 2 atom stereocenters. The molecule has 1 aromatic carbocycles. The minimum absolute atomic E-state index is 0.0878. The highest BCUT2D eigenvalue weighted by Gasteiger charge is 2.54. The smallest absolute Gasteiger partial charge is 0.232 e. The van der Waals surface area contributed by atoms with Crippen molar-refractivity contribution in [2.45, 2.75) is 75.3 Å². The lowest BCUT2D eigenvalue weighted by Gasteiger charge is -2.31. The van der Waals surface area contributed by atoms with Crippen LogP contribution in [0.2, 0.25) is 0 Å². The van der Waals surface area contributed by atoms with Crippen molar-refractivity contribution in [3.05, 3.63) is 29.8 Å². The molecule has 1 aromatic rings. The number of hydrogen-bond acceptors (Lipinski definition) is 3. The van der Waals surface area contributed by atoms with Crippen molar-refractivity contribution in [2.24, 2.45) is 0 Å². The SMILES string of the molecule is COc1cccc([C@]2(C(=O)NC3CCCCCC3)C[C@@H]3CCC(=O)N3C2)c1. The van der Waals surface area contributed by atoms with Gasteiger partial charge in [0, 0.05) is 25.0 Å². The summed E-state index contributed by atoms with van der Waals surface area (Å²) in [7, 11) is 1.65. The van der Waals surface area contributed by atoms with E-state index in [1.165, 1.54) is 25.7 Å². The molecule has 2 saturated heterocycles. The normalized spacial score (nSPS) is 28.7. The second kappa shape index (κ2) is 7.53. The molecule has 146 valence electrons. The molecule has 27 heavy (non-hydrogen) atoms. The van der Waals surface area contributed by atoms with E-state index >= 15 is 0 Å². The fourth-order valence-electron chi connectivity index (χ4n) is 5.15. The number of amides is 2. The maximum atomic E-state index is 13.6. The molecule has 1 saturated carbocycles. The van der Waals surface area contributed by atoms with Crippen LogP contribution in [0.1, 0.15) is 63.4 Å². The summed E-state index contributed by atoms with van der Waals surface area (Å²) in [5.74, 6) is 1.03. The predicted octanol–water partition coefficient (Wildman–Crippen LogP) is 3.17. The fourth-order valence-corrected chi connectivity index (χ4v) is 5.15. The molecular weight excluding hydrogens is 340 g/mol. The Balaban J connectivity index is 1.64. The zero-order chi connectivity index (χ0) is 18.9. The number of carbonyl (C=O) groups is 2. The highest BCUT2D eigenvalue weighted by Crippen LogP contribution is 2.44. The van der Waals surface area contributed by atoms with Crippen molar-refractivity contribution in [3.8, 4) is 5.75 Å². The topological polar surface area (TPSA) is 58.6 Å². The quantitative estimate of drug-likeness (QED) is 0.828. The van der Waals surface area contributed by atoms with Gasteiger partial charge in [-0.05, 0) is 43.4 Å². The highest BCUT2D eigenvalue weighted by molar-refractivity contribution is 5.91. The molecule has 0 bridgehead atoms. The Morgan fingerprint density at radius 3 is 2.67 bits per heavy atom. The van der Waals surface area contributed by atoms with Crippen LogP contribution in [0.5, 0.6) is 5.75 Å². The molecule has 5 heteroatoms. The standard InChI is InChI=1S/C22H30N2O3/c1-27-19-10-6-7-16(13-19)22(14-18-11-12-20(25)24(18)15-22)21(26)23-17-8-4-2-3-5-9-17/h6-7,10,13,17-18H,2-5,8-9,11-12,14-15H2,1H3,(H,23,26)/t18-,22-/m0/s1. The van der Waals surface area contributed by atoms with Crippen LogP contribution in [0.4, 0.5) is 0 Å². The van der Waals surface area contributed by atoms with E-state index in [0.29, 0.717) is 19.4 Å². The molecule has 3 aliphatic rings. The Hall–Kier alpha value is -2.04. The minimum Gasteiger partial charge on any atom is -0.497 e. The van der Waals surface area contributed by atoms with E-state index in [1.807, 2.05) is 29.2 Å². The third kappa shape index (κ3) is 3.44. The van der Waals surface area contributed by atoms with Gasteiger partial charge >= 0.3 is 0 Å². The van der Waals surface area contributed by atoms with Crippen LogP contribution in [-0.2, 0) is 15.0 Å². The van der Waals surface area contributed by atoms with Gasteiger partial charge in [0.25, 0.3) is 0 Å². The number of nitrogens with one attached hydrogen (secondary N) is 1. The Labute approximate surface area is 161 Å². The average Bonchev–Trinajstić information content (AvgIpc) is 3.12. The van der Waals surface area contributed by atoms with E-state index in [9.17, 15) is 9.59 Å². The van der Waals surface area contributed by atoms with E-state index in [0.717, 1.165) is 30.6 Å². The predicted molar refractivity (Wildman–Crippen MR) is 104 cm³/mol. The molecule has 2 amide bonds. The molecular formula is C22H30N2O3. The van der Waals surface area contributed by atoms with E-state index in [2.05, 4.69) is 5.32 Å². The van der Waals surface area contributed by atoms with E-state index in [-0.39, 0.29) is 23.9 Å². The van der Waals surface area contributed by atoms with Crippen molar-refractivity contribution in [3.63, 3.8) is 0 Å². The van der Waals surface area contributed by atoms with Crippen LogP contribution < -0.4 is 10.1 Å². The number of fused-ring (bicyclic) bond motifs is 1. The van der Waals surface area contributed by atoms with Crippen LogP contribution in [0.15, 0.2) is 24.3 Å². The molecule has 2 aliphatic heterocycles. The van der Waals surface area contributed by atoms with Gasteiger partial charge in [-0.2, -0.15) is 0 Å². The number of benzene rings is 1. The highest BCUT2D eigenvalue weighted by atomic mass is 16.5. The van der Waals surface area contributed by atoms with Crippen LogP contribution in [0.3, 0.4) is 0 Å². The molecule has 3 fully saturated rings. The first-order chi connectivity index (χ1) is 13.1. The first-order valence-corrected chi connectivity index (χ1v) is 10.4. The summed E-state index contributed by atoms with van der Waals surface area (Å²) in [5.41, 5.74) is 0.303. The fraction of sp³-hybridized carbons (Fsp3) is 0.636. The van der Waals surface area contributed by atoms with Gasteiger partial charge in [-0.1, -0.05) is 37.8 Å². The molecule has 0 aromatic heterocycles. The largest absolute Gasteiger partial charge is 0.497 e. The van der Waals surface area contributed by atoms with Gasteiger partial charge < -0.3 is 15.0 Å². The van der Waals surface area contributed by atoms with Gasteiger partial charge in [0.05, 0.1) is 12.5 Å². The first kappa shape index (κ1) is 18.3. The first-order valence-electron chi connectivity index (χ1n) is 10.4. The van der Waals surface area contributed by atoms with Crippen molar-refractivity contribution in [1.29, 1.82) is 0 Å². The van der Waals surface area contributed by atoms with Gasteiger partial charge in [-0.15, -0.1) is 0 Å². The van der Waals surface area contributed by atoms with E-state index in [4.69, 9.17) is 4.74 Å².